The van der Waals surface area contributed by atoms with Gasteiger partial charge in [0.1, 0.15) is 0 Å². The van der Waals surface area contributed by atoms with Crippen LogP contribution in [0.25, 0.3) is 0 Å². The summed E-state index contributed by atoms with van der Waals surface area (Å²) in [6.07, 6.45) is 4.72. The zero-order chi connectivity index (χ0) is 11.6. The minimum absolute atomic E-state index is 0.290. The van der Waals surface area contributed by atoms with Crippen LogP contribution in [0.4, 0.5) is 0 Å². The number of nitrogens with zero attached hydrogens (tertiary/aromatic N) is 2. The number of aryl methyl sites for hydroxylation is 2. The topological polar surface area (TPSA) is 29.9 Å². The fourth-order valence-electron chi connectivity index (χ4n) is 2.61. The molecule has 0 amide bonds. The second-order valence-electron chi connectivity index (χ2n) is 5.06. The van der Waals surface area contributed by atoms with Crippen LogP contribution in [0.5, 0.6) is 0 Å². The van der Waals surface area contributed by atoms with Gasteiger partial charge in [-0.1, -0.05) is 6.92 Å². The molecule has 0 spiro atoms. The molecule has 90 valence electrons. The van der Waals surface area contributed by atoms with Crippen LogP contribution in [0, 0.1) is 0 Å². The van der Waals surface area contributed by atoms with Crippen molar-refractivity contribution in [1.29, 1.82) is 0 Å². The lowest BCUT2D eigenvalue weighted by atomic mass is 9.94. The maximum atomic E-state index is 4.61. The van der Waals surface area contributed by atoms with E-state index in [-0.39, 0.29) is 5.54 Å². The summed E-state index contributed by atoms with van der Waals surface area (Å²) < 4.78 is 2.16. The summed E-state index contributed by atoms with van der Waals surface area (Å²) in [5.41, 5.74) is 2.90. The molecule has 1 saturated heterocycles. The Hall–Kier alpha value is -0.830. The van der Waals surface area contributed by atoms with E-state index >= 15 is 0 Å². The van der Waals surface area contributed by atoms with Crippen molar-refractivity contribution in [2.24, 2.45) is 0 Å². The Morgan fingerprint density at radius 3 is 2.88 bits per heavy atom. The minimum atomic E-state index is 0.290. The molecule has 1 aliphatic rings. The third-order valence-electron chi connectivity index (χ3n) is 3.60. The van der Waals surface area contributed by atoms with E-state index in [0.717, 1.165) is 25.9 Å². The lowest BCUT2D eigenvalue weighted by Crippen LogP contribution is -2.39. The predicted molar refractivity (Wildman–Crippen MR) is 66.6 cm³/mol. The molecule has 1 aliphatic heterocycles. The second kappa shape index (κ2) is 4.58. The first-order valence-corrected chi connectivity index (χ1v) is 6.47. The summed E-state index contributed by atoms with van der Waals surface area (Å²) in [4.78, 5) is 0. The van der Waals surface area contributed by atoms with Crippen molar-refractivity contribution < 1.29 is 0 Å². The summed E-state index contributed by atoms with van der Waals surface area (Å²) in [5, 5.41) is 8.23. The highest BCUT2D eigenvalue weighted by Crippen LogP contribution is 2.23. The Morgan fingerprint density at radius 1 is 1.50 bits per heavy atom. The molecule has 2 heterocycles. The van der Waals surface area contributed by atoms with Crippen LogP contribution in [0.1, 0.15) is 45.0 Å². The molecule has 3 nitrogen and oxygen atoms in total. The third-order valence-corrected chi connectivity index (χ3v) is 3.60. The number of nitrogens with one attached hydrogen (secondary N) is 1. The van der Waals surface area contributed by atoms with E-state index in [4.69, 9.17) is 0 Å². The first kappa shape index (κ1) is 11.6. The number of hydrogen-bond donors (Lipinski definition) is 1. The van der Waals surface area contributed by atoms with Crippen molar-refractivity contribution in [2.75, 3.05) is 6.54 Å². The molecule has 1 fully saturated rings. The monoisotopic (exact) mass is 221 g/mol. The van der Waals surface area contributed by atoms with Crippen molar-refractivity contribution in [3.63, 3.8) is 0 Å². The average molecular weight is 221 g/mol. The highest BCUT2D eigenvalue weighted by Gasteiger charge is 2.29. The molecule has 1 unspecified atom stereocenters. The maximum absolute atomic E-state index is 4.61. The molecule has 3 heteroatoms. The van der Waals surface area contributed by atoms with Crippen molar-refractivity contribution in [2.45, 2.75) is 58.5 Å². The average Bonchev–Trinajstić information content (AvgIpc) is 2.85. The normalized spacial score (nSPS) is 25.2. The fraction of sp³-hybridized carbons (Fsp3) is 0.769. The third kappa shape index (κ3) is 2.29. The summed E-state index contributed by atoms with van der Waals surface area (Å²) in [6, 6.07) is 2.27. The first-order valence-electron chi connectivity index (χ1n) is 6.47. The van der Waals surface area contributed by atoms with Crippen molar-refractivity contribution in [1.82, 2.24) is 15.1 Å². The lowest BCUT2D eigenvalue weighted by Gasteiger charge is -2.24. The molecule has 0 radical (unpaired) electrons. The smallest absolute Gasteiger partial charge is 0.0624 e. The molecule has 1 aromatic heterocycles. The fourth-order valence-corrected chi connectivity index (χ4v) is 2.61. The SMILES string of the molecule is CCc1cc(CC2(C)CCCN2)n(CC)n1. The van der Waals surface area contributed by atoms with E-state index in [2.05, 4.69) is 41.9 Å². The van der Waals surface area contributed by atoms with Gasteiger partial charge in [-0.25, -0.2) is 0 Å². The summed E-state index contributed by atoms with van der Waals surface area (Å²) in [6.45, 7) is 8.81. The zero-order valence-corrected chi connectivity index (χ0v) is 10.7. The van der Waals surface area contributed by atoms with E-state index < -0.39 is 0 Å². The van der Waals surface area contributed by atoms with Gasteiger partial charge < -0.3 is 5.32 Å². The Balaban J connectivity index is 2.16. The van der Waals surface area contributed by atoms with Gasteiger partial charge in [-0.05, 0) is 45.7 Å². The van der Waals surface area contributed by atoms with Gasteiger partial charge in [0, 0.05) is 24.2 Å². The zero-order valence-electron chi connectivity index (χ0n) is 10.7. The molecule has 0 aliphatic carbocycles. The van der Waals surface area contributed by atoms with Crippen LogP contribution < -0.4 is 5.32 Å². The van der Waals surface area contributed by atoms with Gasteiger partial charge >= 0.3 is 0 Å². The van der Waals surface area contributed by atoms with Gasteiger partial charge in [0.25, 0.3) is 0 Å². The molecular weight excluding hydrogens is 198 g/mol. The van der Waals surface area contributed by atoms with Crippen molar-refractivity contribution in [3.8, 4) is 0 Å². The summed E-state index contributed by atoms with van der Waals surface area (Å²) in [7, 11) is 0. The Morgan fingerprint density at radius 2 is 2.31 bits per heavy atom. The number of hydrogen-bond acceptors (Lipinski definition) is 2. The molecule has 2 rings (SSSR count). The van der Waals surface area contributed by atoms with Gasteiger partial charge in [-0.3, -0.25) is 4.68 Å². The van der Waals surface area contributed by atoms with Gasteiger partial charge in [0.05, 0.1) is 5.69 Å². The van der Waals surface area contributed by atoms with Gasteiger partial charge in [0.2, 0.25) is 0 Å². The molecule has 16 heavy (non-hydrogen) atoms. The molecular formula is C13H23N3. The lowest BCUT2D eigenvalue weighted by molar-refractivity contribution is 0.397. The number of rotatable bonds is 4. The highest BCUT2D eigenvalue weighted by atomic mass is 15.3. The molecule has 0 bridgehead atoms. The van der Waals surface area contributed by atoms with Crippen LogP contribution in [-0.2, 0) is 19.4 Å². The molecule has 1 atom stereocenters. The number of aromatic nitrogens is 2. The van der Waals surface area contributed by atoms with Crippen LogP contribution in [0.2, 0.25) is 0 Å². The maximum Gasteiger partial charge on any atom is 0.0624 e. The van der Waals surface area contributed by atoms with Crippen LogP contribution in [0.3, 0.4) is 0 Å². The van der Waals surface area contributed by atoms with E-state index in [0.29, 0.717) is 0 Å². The molecule has 1 N–H and O–H groups in total. The van der Waals surface area contributed by atoms with Crippen molar-refractivity contribution >= 4 is 0 Å². The summed E-state index contributed by atoms with van der Waals surface area (Å²) in [5.74, 6) is 0. The van der Waals surface area contributed by atoms with Gasteiger partial charge in [-0.2, -0.15) is 5.10 Å². The summed E-state index contributed by atoms with van der Waals surface area (Å²) >= 11 is 0. The first-order chi connectivity index (χ1) is 7.67. The Labute approximate surface area is 98.2 Å². The van der Waals surface area contributed by atoms with Gasteiger partial charge in [-0.15, -0.1) is 0 Å². The molecule has 0 aromatic carbocycles. The Kier molecular flexibility index (Phi) is 3.33. The molecule has 0 saturated carbocycles. The van der Waals surface area contributed by atoms with E-state index in [1.807, 2.05) is 0 Å². The van der Waals surface area contributed by atoms with E-state index in [9.17, 15) is 0 Å². The van der Waals surface area contributed by atoms with E-state index in [1.165, 1.54) is 24.2 Å². The van der Waals surface area contributed by atoms with Crippen LogP contribution in [-0.4, -0.2) is 21.9 Å². The van der Waals surface area contributed by atoms with E-state index in [1.54, 1.807) is 0 Å². The van der Waals surface area contributed by atoms with Crippen molar-refractivity contribution in [3.05, 3.63) is 17.5 Å². The highest BCUT2D eigenvalue weighted by molar-refractivity contribution is 5.14. The largest absolute Gasteiger partial charge is 0.311 e. The predicted octanol–water partition coefficient (Wildman–Crippen LogP) is 2.15. The quantitative estimate of drug-likeness (QED) is 0.844. The minimum Gasteiger partial charge on any atom is -0.311 e. The van der Waals surface area contributed by atoms with Crippen LogP contribution >= 0.6 is 0 Å². The second-order valence-corrected chi connectivity index (χ2v) is 5.06. The standard InChI is InChI=1S/C13H23N3/c1-4-11-9-12(16(5-2)15-11)10-13(3)7-6-8-14-13/h9,14H,4-8,10H2,1-3H3. The Bertz CT molecular complexity index is 348. The van der Waals surface area contributed by atoms with Crippen LogP contribution in [0.15, 0.2) is 6.07 Å². The van der Waals surface area contributed by atoms with Gasteiger partial charge in [0.15, 0.2) is 0 Å². The molecule has 1 aromatic rings.